The van der Waals surface area contributed by atoms with Crippen molar-refractivity contribution < 1.29 is 4.79 Å². The highest BCUT2D eigenvalue weighted by Gasteiger charge is 2.41. The van der Waals surface area contributed by atoms with Crippen LogP contribution in [0.5, 0.6) is 0 Å². The monoisotopic (exact) mass is 123 g/mol. The number of nitrogens with one attached hydrogen (secondary N) is 1. The number of carbonyl (C=O) groups is 1. The molecule has 2 nitrogen and oxygen atoms in total. The molecule has 3 atom stereocenters. The summed E-state index contributed by atoms with van der Waals surface area (Å²) < 4.78 is 0. The number of hydrogen-bond donors (Lipinski definition) is 1. The van der Waals surface area contributed by atoms with Crippen molar-refractivity contribution >= 4 is 5.91 Å². The van der Waals surface area contributed by atoms with Gasteiger partial charge in [-0.05, 0) is 6.92 Å². The second-order valence-electron chi connectivity index (χ2n) is 2.79. The summed E-state index contributed by atoms with van der Waals surface area (Å²) in [5.41, 5.74) is 0. The van der Waals surface area contributed by atoms with E-state index < -0.39 is 0 Å². The van der Waals surface area contributed by atoms with Crippen LogP contribution in [0.4, 0.5) is 0 Å². The minimum absolute atomic E-state index is 0.204. The molecule has 1 aliphatic heterocycles. The Labute approximate surface area is 53.9 Å². The quantitative estimate of drug-likeness (QED) is 0.461. The molecular weight excluding hydrogens is 114 g/mol. The molecule has 1 aliphatic carbocycles. The van der Waals surface area contributed by atoms with Crippen LogP contribution in [0, 0.1) is 11.8 Å². The maximum atomic E-state index is 10.9. The van der Waals surface area contributed by atoms with Crippen molar-refractivity contribution in [3.8, 4) is 0 Å². The Bertz CT molecular complexity index is 185. The SMILES string of the molecule is C[C@@H]1NC(=O)[C@@H]2C=C[C@H]12. The summed E-state index contributed by atoms with van der Waals surface area (Å²) in [6, 6.07) is 0.368. The van der Waals surface area contributed by atoms with Gasteiger partial charge in [0.2, 0.25) is 5.91 Å². The summed E-state index contributed by atoms with van der Waals surface area (Å²) >= 11 is 0. The van der Waals surface area contributed by atoms with Gasteiger partial charge in [-0.2, -0.15) is 0 Å². The summed E-state index contributed by atoms with van der Waals surface area (Å²) in [5.74, 6) is 0.910. The topological polar surface area (TPSA) is 29.1 Å². The van der Waals surface area contributed by atoms with Crippen LogP contribution in [0.15, 0.2) is 12.2 Å². The molecule has 1 fully saturated rings. The van der Waals surface area contributed by atoms with Crippen LogP contribution in [-0.2, 0) is 4.79 Å². The lowest BCUT2D eigenvalue weighted by Crippen LogP contribution is -2.24. The van der Waals surface area contributed by atoms with E-state index in [0.29, 0.717) is 12.0 Å². The molecule has 2 aliphatic rings. The van der Waals surface area contributed by atoms with Gasteiger partial charge in [-0.15, -0.1) is 0 Å². The molecule has 0 radical (unpaired) electrons. The van der Waals surface area contributed by atoms with Crippen LogP contribution >= 0.6 is 0 Å². The van der Waals surface area contributed by atoms with Gasteiger partial charge in [0.25, 0.3) is 0 Å². The van der Waals surface area contributed by atoms with Gasteiger partial charge in [0, 0.05) is 12.0 Å². The zero-order valence-electron chi connectivity index (χ0n) is 5.29. The zero-order chi connectivity index (χ0) is 6.43. The number of fused-ring (bicyclic) bond motifs is 1. The Morgan fingerprint density at radius 2 is 2.33 bits per heavy atom. The lowest BCUT2D eigenvalue weighted by Gasteiger charge is -2.20. The zero-order valence-corrected chi connectivity index (χ0v) is 5.29. The average Bonchev–Trinajstić information content (AvgIpc) is 1.73. The number of hydrogen-bond acceptors (Lipinski definition) is 1. The van der Waals surface area contributed by atoms with Gasteiger partial charge in [-0.3, -0.25) is 4.79 Å². The van der Waals surface area contributed by atoms with Crippen LogP contribution in [0.2, 0.25) is 0 Å². The van der Waals surface area contributed by atoms with Crippen LogP contribution in [0.1, 0.15) is 6.92 Å². The molecule has 9 heavy (non-hydrogen) atoms. The van der Waals surface area contributed by atoms with Gasteiger partial charge in [-0.1, -0.05) is 12.2 Å². The minimum atomic E-state index is 0.204. The maximum Gasteiger partial charge on any atom is 0.227 e. The van der Waals surface area contributed by atoms with Crippen molar-refractivity contribution in [2.24, 2.45) is 11.8 Å². The molecule has 48 valence electrons. The first-order chi connectivity index (χ1) is 4.29. The molecular formula is C7H9NO. The first-order valence-corrected chi connectivity index (χ1v) is 3.28. The second kappa shape index (κ2) is 1.38. The lowest BCUT2D eigenvalue weighted by atomic mass is 9.81. The number of carbonyl (C=O) groups excluding carboxylic acids is 1. The summed E-state index contributed by atoms with van der Waals surface area (Å²) in [7, 11) is 0. The van der Waals surface area contributed by atoms with E-state index in [0.717, 1.165) is 0 Å². The highest BCUT2D eigenvalue weighted by molar-refractivity contribution is 5.85. The third kappa shape index (κ3) is 0.479. The van der Waals surface area contributed by atoms with E-state index in [1.165, 1.54) is 0 Å². The Balaban J connectivity index is 2.27. The summed E-state index contributed by atoms with van der Waals surface area (Å²) in [6.45, 7) is 2.05. The molecule has 1 heterocycles. The van der Waals surface area contributed by atoms with E-state index >= 15 is 0 Å². The largest absolute Gasteiger partial charge is 0.352 e. The lowest BCUT2D eigenvalue weighted by molar-refractivity contribution is -0.121. The normalized spacial score (nSPS) is 45.9. The van der Waals surface area contributed by atoms with Crippen LogP contribution in [0.25, 0.3) is 0 Å². The molecule has 0 saturated carbocycles. The smallest absolute Gasteiger partial charge is 0.227 e. The molecule has 2 rings (SSSR count). The Morgan fingerprint density at radius 1 is 1.56 bits per heavy atom. The van der Waals surface area contributed by atoms with Crippen molar-refractivity contribution in [3.05, 3.63) is 12.2 Å². The van der Waals surface area contributed by atoms with Crippen molar-refractivity contribution in [2.45, 2.75) is 13.0 Å². The molecule has 1 N–H and O–H groups in total. The van der Waals surface area contributed by atoms with Crippen molar-refractivity contribution in [1.29, 1.82) is 0 Å². The first-order valence-electron chi connectivity index (χ1n) is 3.28. The Morgan fingerprint density at radius 3 is 2.56 bits per heavy atom. The van der Waals surface area contributed by atoms with Gasteiger partial charge in [0.05, 0.1) is 5.92 Å². The third-order valence-electron chi connectivity index (χ3n) is 2.21. The maximum absolute atomic E-state index is 10.9. The molecule has 0 aromatic rings. The molecule has 0 unspecified atom stereocenters. The predicted octanol–water partition coefficient (Wildman–Crippen LogP) is 0.307. The van der Waals surface area contributed by atoms with Gasteiger partial charge >= 0.3 is 0 Å². The van der Waals surface area contributed by atoms with Gasteiger partial charge in [0.15, 0.2) is 0 Å². The minimum Gasteiger partial charge on any atom is -0.352 e. The van der Waals surface area contributed by atoms with E-state index in [9.17, 15) is 4.79 Å². The Kier molecular flexibility index (Phi) is 0.770. The fourth-order valence-corrected chi connectivity index (χ4v) is 1.51. The van der Waals surface area contributed by atoms with E-state index in [2.05, 4.69) is 11.4 Å². The summed E-state index contributed by atoms with van der Waals surface area (Å²) in [5, 5.41) is 2.88. The fourth-order valence-electron chi connectivity index (χ4n) is 1.51. The summed E-state index contributed by atoms with van der Waals surface area (Å²) in [6.07, 6.45) is 4.08. The van der Waals surface area contributed by atoms with Crippen LogP contribution in [0.3, 0.4) is 0 Å². The van der Waals surface area contributed by atoms with Crippen LogP contribution in [-0.4, -0.2) is 11.9 Å². The number of amides is 1. The van der Waals surface area contributed by atoms with Crippen molar-refractivity contribution in [1.82, 2.24) is 5.32 Å². The van der Waals surface area contributed by atoms with Gasteiger partial charge in [-0.25, -0.2) is 0 Å². The van der Waals surface area contributed by atoms with E-state index in [1.54, 1.807) is 0 Å². The first kappa shape index (κ1) is 5.03. The second-order valence-corrected chi connectivity index (χ2v) is 2.79. The van der Waals surface area contributed by atoms with E-state index in [1.807, 2.05) is 13.0 Å². The summed E-state index contributed by atoms with van der Waals surface area (Å²) in [4.78, 5) is 10.9. The average molecular weight is 123 g/mol. The molecule has 1 amide bonds. The van der Waals surface area contributed by atoms with E-state index in [-0.39, 0.29) is 11.8 Å². The molecule has 0 aromatic heterocycles. The molecule has 1 saturated heterocycles. The molecule has 0 spiro atoms. The highest BCUT2D eigenvalue weighted by Crippen LogP contribution is 2.33. The Hall–Kier alpha value is -0.790. The molecule has 0 aromatic carbocycles. The molecule has 2 heteroatoms. The van der Waals surface area contributed by atoms with E-state index in [4.69, 9.17) is 0 Å². The van der Waals surface area contributed by atoms with Crippen molar-refractivity contribution in [3.63, 3.8) is 0 Å². The van der Waals surface area contributed by atoms with Crippen LogP contribution < -0.4 is 5.32 Å². The standard InChI is InChI=1S/C7H9NO/c1-4-5-2-3-6(5)7(9)8-4/h2-6H,1H3,(H,8,9)/t4-,5+,6+/m0/s1. The van der Waals surface area contributed by atoms with Crippen molar-refractivity contribution in [2.75, 3.05) is 0 Å². The third-order valence-corrected chi connectivity index (χ3v) is 2.21. The number of rotatable bonds is 0. The highest BCUT2D eigenvalue weighted by atomic mass is 16.2. The fraction of sp³-hybridized carbons (Fsp3) is 0.571. The molecule has 0 bridgehead atoms. The van der Waals surface area contributed by atoms with Gasteiger partial charge in [0.1, 0.15) is 0 Å². The van der Waals surface area contributed by atoms with Gasteiger partial charge < -0.3 is 5.32 Å². The predicted molar refractivity (Wildman–Crippen MR) is 33.7 cm³/mol.